The zero-order valence-corrected chi connectivity index (χ0v) is 35.1. The van der Waals surface area contributed by atoms with E-state index in [-0.39, 0.29) is 37.5 Å². The first kappa shape index (κ1) is 43.9. The number of aliphatic hydroxyl groups is 1. The van der Waals surface area contributed by atoms with Gasteiger partial charge >= 0.3 is 5.97 Å². The first-order chi connectivity index (χ1) is 29.0. The smallest absolute Gasteiger partial charge is 0.328 e. The summed E-state index contributed by atoms with van der Waals surface area (Å²) in [4.78, 5) is 28.4. The van der Waals surface area contributed by atoms with Gasteiger partial charge in [0, 0.05) is 37.2 Å². The molecule has 1 saturated carbocycles. The molecule has 0 unspecified atom stereocenters. The predicted octanol–water partition coefficient (Wildman–Crippen LogP) is 7.51. The molecule has 12 heteroatoms. The number of benzene rings is 5. The number of hydrogen-bond donors (Lipinski definition) is 3. The highest BCUT2D eigenvalue weighted by Crippen LogP contribution is 2.36. The Hall–Kier alpha value is -5.69. The van der Waals surface area contributed by atoms with E-state index in [9.17, 15) is 23.1 Å². The van der Waals surface area contributed by atoms with Crippen LogP contribution in [0.3, 0.4) is 0 Å². The lowest BCUT2D eigenvalue weighted by Crippen LogP contribution is -2.43. The van der Waals surface area contributed by atoms with E-state index in [2.05, 4.69) is 27.1 Å². The summed E-state index contributed by atoms with van der Waals surface area (Å²) in [7, 11) is -3.61. The second-order valence-corrected chi connectivity index (χ2v) is 17.0. The van der Waals surface area contributed by atoms with Gasteiger partial charge in [-0.25, -0.2) is 13.2 Å². The van der Waals surface area contributed by atoms with Crippen LogP contribution in [-0.4, -0.2) is 74.5 Å². The summed E-state index contributed by atoms with van der Waals surface area (Å²) in [5.74, 6) is 0.302. The highest BCUT2D eigenvalue weighted by Gasteiger charge is 2.29. The molecule has 2 atom stereocenters. The highest BCUT2D eigenvalue weighted by atomic mass is 32.2. The monoisotopic (exact) mass is 833 g/mol. The fraction of sp³-hybridized carbons (Fsp3) is 0.333. The summed E-state index contributed by atoms with van der Waals surface area (Å²) in [6.45, 7) is 3.31. The molecular weight excluding hydrogens is 779 g/mol. The predicted molar refractivity (Wildman–Crippen MR) is 234 cm³/mol. The maximum atomic E-state index is 13.3. The minimum atomic E-state index is -3.61. The maximum absolute atomic E-state index is 13.3. The second-order valence-electron chi connectivity index (χ2n) is 15.3. The second kappa shape index (κ2) is 21.5. The van der Waals surface area contributed by atoms with Gasteiger partial charge < -0.3 is 24.6 Å². The minimum absolute atomic E-state index is 0.00981. The van der Waals surface area contributed by atoms with E-state index in [4.69, 9.17) is 14.2 Å². The number of nitrogens with zero attached hydrogens (tertiary/aromatic N) is 1. The average molecular weight is 834 g/mol. The first-order valence-corrected chi connectivity index (χ1v) is 22.4. The molecule has 60 heavy (non-hydrogen) atoms. The summed E-state index contributed by atoms with van der Waals surface area (Å²) in [5, 5.41) is 14.2. The Morgan fingerprint density at radius 2 is 1.40 bits per heavy atom. The topological polar surface area (TPSA) is 144 Å². The van der Waals surface area contributed by atoms with Gasteiger partial charge in [0.1, 0.15) is 36.9 Å². The summed E-state index contributed by atoms with van der Waals surface area (Å²) < 4.78 is 44.2. The number of esters is 1. The average Bonchev–Trinajstić information content (AvgIpc) is 3.25. The van der Waals surface area contributed by atoms with Crippen LogP contribution >= 0.6 is 0 Å². The van der Waals surface area contributed by atoms with Gasteiger partial charge in [0.05, 0.1) is 18.6 Å². The Balaban J connectivity index is 1.05. The number of carbonyl (C=O) groups is 2. The number of aliphatic hydroxyl groups excluding tert-OH is 1. The molecule has 3 N–H and O–H groups in total. The van der Waals surface area contributed by atoms with Crippen molar-refractivity contribution in [2.75, 3.05) is 30.7 Å². The zero-order valence-electron chi connectivity index (χ0n) is 34.2. The van der Waals surface area contributed by atoms with Gasteiger partial charge in [-0.1, -0.05) is 103 Å². The van der Waals surface area contributed by atoms with E-state index in [1.165, 1.54) is 5.56 Å². The van der Waals surface area contributed by atoms with Crippen molar-refractivity contribution in [2.24, 2.45) is 0 Å². The van der Waals surface area contributed by atoms with E-state index in [1.807, 2.05) is 103 Å². The third-order valence-electron chi connectivity index (χ3n) is 10.6. The van der Waals surface area contributed by atoms with Crippen molar-refractivity contribution in [1.29, 1.82) is 0 Å². The van der Waals surface area contributed by atoms with Crippen molar-refractivity contribution in [2.45, 2.75) is 76.3 Å². The van der Waals surface area contributed by atoms with Crippen LogP contribution in [0.1, 0.15) is 71.1 Å². The fourth-order valence-corrected chi connectivity index (χ4v) is 8.18. The zero-order chi connectivity index (χ0) is 42.3. The van der Waals surface area contributed by atoms with Gasteiger partial charge in [-0.3, -0.25) is 14.4 Å². The molecule has 1 aliphatic carbocycles. The van der Waals surface area contributed by atoms with Crippen LogP contribution in [0.25, 0.3) is 0 Å². The molecule has 1 fully saturated rings. The van der Waals surface area contributed by atoms with Gasteiger partial charge in [0.2, 0.25) is 10.0 Å². The lowest BCUT2D eigenvalue weighted by Gasteiger charge is -2.38. The van der Waals surface area contributed by atoms with Crippen LogP contribution in [0.15, 0.2) is 133 Å². The van der Waals surface area contributed by atoms with Crippen molar-refractivity contribution in [3.05, 3.63) is 161 Å². The molecule has 6 rings (SSSR count). The largest absolute Gasteiger partial charge is 0.491 e. The first-order valence-electron chi connectivity index (χ1n) is 20.5. The molecule has 0 bridgehead atoms. The van der Waals surface area contributed by atoms with E-state index in [1.54, 1.807) is 25.1 Å². The molecule has 5 aromatic carbocycles. The van der Waals surface area contributed by atoms with E-state index >= 15 is 0 Å². The van der Waals surface area contributed by atoms with Gasteiger partial charge in [-0.2, -0.15) is 0 Å². The minimum Gasteiger partial charge on any atom is -0.491 e. The number of anilines is 1. The Bertz CT molecular complexity index is 2220. The van der Waals surface area contributed by atoms with E-state index in [0.29, 0.717) is 42.5 Å². The standard InChI is InChI=1S/C48H55N3O8S/c1-3-57-48(54)45(29-35-13-7-4-8-14-35)49-47(53)40-21-19-38(20-22-40)39-23-25-41(26-24-39)51(31-36-15-9-5-10-16-36)32-42(52)34-58-43-27-28-46(44(30-43)50-60(2,55)56)59-33-37-17-11-6-12-18-37/h4-22,27-28,30,39,41-42,45,50,52H,3,23-26,29,31-34H2,1-2H3,(H,49,53)/t39?,41?,42-,45-/m0/s1. The Kier molecular flexibility index (Phi) is 15.7. The van der Waals surface area contributed by atoms with Crippen LogP contribution in [0.2, 0.25) is 0 Å². The molecule has 0 spiro atoms. The molecule has 316 valence electrons. The summed E-state index contributed by atoms with van der Waals surface area (Å²) in [5.41, 5.74) is 4.92. The molecule has 1 amide bonds. The Morgan fingerprint density at radius 1 is 0.783 bits per heavy atom. The van der Waals surface area contributed by atoms with Crippen LogP contribution in [0.5, 0.6) is 11.5 Å². The summed E-state index contributed by atoms with van der Waals surface area (Å²) >= 11 is 0. The molecule has 0 saturated heterocycles. The number of carbonyl (C=O) groups excluding carboxylic acids is 2. The van der Waals surface area contributed by atoms with Crippen molar-refractivity contribution in [3.63, 3.8) is 0 Å². The van der Waals surface area contributed by atoms with Crippen molar-refractivity contribution in [1.82, 2.24) is 10.2 Å². The lowest BCUT2D eigenvalue weighted by molar-refractivity contribution is -0.145. The molecule has 5 aromatic rings. The maximum Gasteiger partial charge on any atom is 0.328 e. The van der Waals surface area contributed by atoms with Crippen molar-refractivity contribution in [3.8, 4) is 11.5 Å². The Labute approximate surface area is 353 Å². The summed E-state index contributed by atoms with van der Waals surface area (Å²) in [6.07, 6.45) is 4.36. The number of hydrogen-bond acceptors (Lipinski definition) is 9. The van der Waals surface area contributed by atoms with Crippen LogP contribution in [0.4, 0.5) is 5.69 Å². The lowest BCUT2D eigenvalue weighted by atomic mass is 9.81. The fourth-order valence-electron chi connectivity index (χ4n) is 7.62. The molecular formula is C48H55N3O8S. The van der Waals surface area contributed by atoms with Crippen molar-refractivity contribution >= 4 is 27.6 Å². The molecule has 0 aromatic heterocycles. The number of amides is 1. The molecule has 0 radical (unpaired) electrons. The third kappa shape index (κ3) is 13.4. The SMILES string of the molecule is CCOC(=O)[C@H](Cc1ccccc1)NC(=O)c1ccc(C2CCC(N(Cc3ccccc3)C[C@H](O)COc3ccc(OCc4ccccc4)c(NS(C)(=O)=O)c3)CC2)cc1. The highest BCUT2D eigenvalue weighted by molar-refractivity contribution is 7.92. The van der Waals surface area contributed by atoms with E-state index in [0.717, 1.165) is 48.6 Å². The molecule has 0 aliphatic heterocycles. The van der Waals surface area contributed by atoms with Gasteiger partial charge in [0.25, 0.3) is 5.91 Å². The van der Waals surface area contributed by atoms with Crippen LogP contribution in [0, 0.1) is 0 Å². The van der Waals surface area contributed by atoms with Crippen LogP contribution < -0.4 is 19.5 Å². The van der Waals surface area contributed by atoms with Gasteiger partial charge in [0.15, 0.2) is 0 Å². The van der Waals surface area contributed by atoms with E-state index < -0.39 is 28.1 Å². The van der Waals surface area contributed by atoms with Gasteiger partial charge in [-0.15, -0.1) is 0 Å². The summed E-state index contributed by atoms with van der Waals surface area (Å²) in [6, 6.07) is 41.4. The molecule has 1 aliphatic rings. The molecule has 11 nitrogen and oxygen atoms in total. The normalized spacial score (nSPS) is 16.3. The number of nitrogens with one attached hydrogen (secondary N) is 2. The molecule has 0 heterocycles. The number of sulfonamides is 1. The van der Waals surface area contributed by atoms with Crippen LogP contribution in [-0.2, 0) is 39.1 Å². The van der Waals surface area contributed by atoms with Gasteiger partial charge in [-0.05, 0) is 85.0 Å². The third-order valence-corrected chi connectivity index (χ3v) is 11.2. The number of ether oxygens (including phenoxy) is 3. The van der Waals surface area contributed by atoms with Crippen molar-refractivity contribution < 1.29 is 37.3 Å². The Morgan fingerprint density at radius 3 is 2.02 bits per heavy atom. The number of rotatable bonds is 20. The quantitative estimate of drug-likeness (QED) is 0.0680.